The molecule has 0 saturated heterocycles. The maximum Gasteiger partial charge on any atom is 0.316 e. The van der Waals surface area contributed by atoms with Crippen molar-refractivity contribution in [3.05, 3.63) is 71.3 Å². The molecule has 1 aromatic heterocycles. The minimum absolute atomic E-state index is 0.0516. The second-order valence-corrected chi connectivity index (χ2v) is 5.72. The number of benzene rings is 2. The van der Waals surface area contributed by atoms with Crippen molar-refractivity contribution in [2.45, 2.75) is 6.61 Å². The van der Waals surface area contributed by atoms with Gasteiger partial charge in [0.1, 0.15) is 12.3 Å². The van der Waals surface area contributed by atoms with Gasteiger partial charge in [0.15, 0.2) is 5.82 Å². The van der Waals surface area contributed by atoms with Gasteiger partial charge in [-0.25, -0.2) is 19.2 Å². The summed E-state index contributed by atoms with van der Waals surface area (Å²) in [4.78, 5) is 19.3. The SMILES string of the molecule is NC(=O)Nc1cccc(-c2nccnc2OCc2ccc(Cl)cc2)c1F. The van der Waals surface area contributed by atoms with Gasteiger partial charge < -0.3 is 15.8 Å². The van der Waals surface area contributed by atoms with Crippen molar-refractivity contribution in [3.8, 4) is 17.1 Å². The second kappa shape index (κ2) is 7.79. The fraction of sp³-hybridized carbons (Fsp3) is 0.0556. The standard InChI is InChI=1S/C18H14ClFN4O2/c19-12-6-4-11(5-7-12)10-26-17-16(22-8-9-23-17)13-2-1-3-14(15(13)20)24-18(21)25/h1-9H,10H2,(H3,21,24,25). The molecule has 2 aromatic carbocycles. The first kappa shape index (κ1) is 17.6. The van der Waals surface area contributed by atoms with Crippen LogP contribution in [-0.4, -0.2) is 16.0 Å². The lowest BCUT2D eigenvalue weighted by atomic mass is 10.1. The lowest BCUT2D eigenvalue weighted by molar-refractivity contribution is 0.259. The number of halogens is 2. The van der Waals surface area contributed by atoms with Crippen molar-refractivity contribution in [1.29, 1.82) is 0 Å². The van der Waals surface area contributed by atoms with Crippen LogP contribution in [0.2, 0.25) is 5.02 Å². The molecule has 26 heavy (non-hydrogen) atoms. The monoisotopic (exact) mass is 372 g/mol. The highest BCUT2D eigenvalue weighted by Crippen LogP contribution is 2.31. The molecule has 6 nitrogen and oxygen atoms in total. The van der Waals surface area contributed by atoms with E-state index in [1.54, 1.807) is 18.2 Å². The molecule has 0 aliphatic rings. The van der Waals surface area contributed by atoms with Gasteiger partial charge in [0, 0.05) is 23.0 Å². The summed E-state index contributed by atoms with van der Waals surface area (Å²) in [7, 11) is 0. The maximum atomic E-state index is 14.7. The Labute approximate surface area is 153 Å². The number of hydrogen-bond donors (Lipinski definition) is 2. The average Bonchev–Trinajstić information content (AvgIpc) is 2.63. The van der Waals surface area contributed by atoms with Gasteiger partial charge in [-0.15, -0.1) is 0 Å². The summed E-state index contributed by atoms with van der Waals surface area (Å²) in [6.07, 6.45) is 2.88. The number of anilines is 1. The number of nitrogens with one attached hydrogen (secondary N) is 1. The van der Waals surface area contributed by atoms with Gasteiger partial charge in [-0.3, -0.25) is 0 Å². The summed E-state index contributed by atoms with van der Waals surface area (Å²) < 4.78 is 20.4. The lowest BCUT2D eigenvalue weighted by Gasteiger charge is -2.12. The van der Waals surface area contributed by atoms with Crippen LogP contribution in [0.25, 0.3) is 11.3 Å². The molecule has 0 spiro atoms. The zero-order valence-corrected chi connectivity index (χ0v) is 14.2. The molecule has 3 aromatic rings. The molecule has 8 heteroatoms. The third-order valence-electron chi connectivity index (χ3n) is 3.47. The predicted octanol–water partition coefficient (Wildman–Crippen LogP) is 4.01. The number of carbonyl (C=O) groups is 1. The number of amides is 2. The molecule has 3 N–H and O–H groups in total. The second-order valence-electron chi connectivity index (χ2n) is 5.28. The maximum absolute atomic E-state index is 14.7. The number of primary amides is 1. The van der Waals surface area contributed by atoms with Crippen LogP contribution >= 0.6 is 11.6 Å². The molecular weight excluding hydrogens is 359 g/mol. The molecule has 0 aliphatic carbocycles. The third-order valence-corrected chi connectivity index (χ3v) is 3.72. The van der Waals surface area contributed by atoms with E-state index in [1.807, 2.05) is 12.1 Å². The van der Waals surface area contributed by atoms with E-state index in [0.29, 0.717) is 5.02 Å². The molecule has 132 valence electrons. The average molecular weight is 373 g/mol. The number of nitrogens with zero attached hydrogens (tertiary/aromatic N) is 2. The van der Waals surface area contributed by atoms with E-state index in [4.69, 9.17) is 22.1 Å². The lowest BCUT2D eigenvalue weighted by Crippen LogP contribution is -2.20. The molecule has 3 rings (SSSR count). The first-order valence-electron chi connectivity index (χ1n) is 7.58. The minimum Gasteiger partial charge on any atom is -0.471 e. The van der Waals surface area contributed by atoms with Crippen LogP contribution in [0.4, 0.5) is 14.9 Å². The highest BCUT2D eigenvalue weighted by atomic mass is 35.5. The fourth-order valence-electron chi connectivity index (χ4n) is 2.29. The van der Waals surface area contributed by atoms with E-state index in [-0.39, 0.29) is 29.4 Å². The largest absolute Gasteiger partial charge is 0.471 e. The Hall–Kier alpha value is -3.19. The van der Waals surface area contributed by atoms with Crippen molar-refractivity contribution in [1.82, 2.24) is 9.97 Å². The highest BCUT2D eigenvalue weighted by Gasteiger charge is 2.17. The highest BCUT2D eigenvalue weighted by molar-refractivity contribution is 6.30. The summed E-state index contributed by atoms with van der Waals surface area (Å²) in [5.74, 6) is -0.513. The van der Waals surface area contributed by atoms with Gasteiger partial charge in [-0.2, -0.15) is 0 Å². The number of ether oxygens (including phenoxy) is 1. The van der Waals surface area contributed by atoms with E-state index in [2.05, 4.69) is 15.3 Å². The Morgan fingerprint density at radius 1 is 1.15 bits per heavy atom. The number of rotatable bonds is 5. The van der Waals surface area contributed by atoms with Crippen LogP contribution in [0.1, 0.15) is 5.56 Å². The molecule has 0 aliphatic heterocycles. The first-order valence-corrected chi connectivity index (χ1v) is 7.96. The number of urea groups is 1. The van der Waals surface area contributed by atoms with Crippen LogP contribution < -0.4 is 15.8 Å². The van der Waals surface area contributed by atoms with E-state index < -0.39 is 11.8 Å². The first-order chi connectivity index (χ1) is 12.5. The smallest absolute Gasteiger partial charge is 0.316 e. The Kier molecular flexibility index (Phi) is 5.28. The van der Waals surface area contributed by atoms with Crippen molar-refractivity contribution in [2.24, 2.45) is 5.73 Å². The summed E-state index contributed by atoms with van der Waals surface area (Å²) in [6.45, 7) is 0.212. The van der Waals surface area contributed by atoms with Crippen molar-refractivity contribution < 1.29 is 13.9 Å². The van der Waals surface area contributed by atoms with Gasteiger partial charge in [0.25, 0.3) is 0 Å². The molecule has 0 fully saturated rings. The van der Waals surface area contributed by atoms with E-state index in [9.17, 15) is 9.18 Å². The zero-order chi connectivity index (χ0) is 18.5. The topological polar surface area (TPSA) is 90.1 Å². The number of nitrogens with two attached hydrogens (primary N) is 1. The Morgan fingerprint density at radius 3 is 2.62 bits per heavy atom. The van der Waals surface area contributed by atoms with Crippen molar-refractivity contribution in [3.63, 3.8) is 0 Å². The molecule has 0 unspecified atom stereocenters. The summed E-state index contributed by atoms with van der Waals surface area (Å²) >= 11 is 5.86. The number of hydrogen-bond acceptors (Lipinski definition) is 4. The predicted molar refractivity (Wildman–Crippen MR) is 96.4 cm³/mol. The van der Waals surface area contributed by atoms with Gasteiger partial charge >= 0.3 is 6.03 Å². The van der Waals surface area contributed by atoms with Crippen LogP contribution in [0.15, 0.2) is 54.9 Å². The Bertz CT molecular complexity index is 935. The van der Waals surface area contributed by atoms with Gasteiger partial charge in [-0.05, 0) is 29.8 Å². The van der Waals surface area contributed by atoms with Crippen LogP contribution in [0.3, 0.4) is 0 Å². The van der Waals surface area contributed by atoms with Crippen LogP contribution in [0, 0.1) is 5.82 Å². The van der Waals surface area contributed by atoms with E-state index in [1.165, 1.54) is 24.5 Å². The fourth-order valence-corrected chi connectivity index (χ4v) is 2.42. The van der Waals surface area contributed by atoms with Crippen LogP contribution in [-0.2, 0) is 6.61 Å². The Balaban J connectivity index is 1.90. The van der Waals surface area contributed by atoms with Gasteiger partial charge in [-0.1, -0.05) is 29.8 Å². The van der Waals surface area contributed by atoms with Crippen molar-refractivity contribution >= 4 is 23.3 Å². The Morgan fingerprint density at radius 2 is 1.88 bits per heavy atom. The molecule has 1 heterocycles. The van der Waals surface area contributed by atoms with Gasteiger partial charge in [0.05, 0.1) is 5.69 Å². The molecular formula is C18H14ClFN4O2. The van der Waals surface area contributed by atoms with Gasteiger partial charge in [0.2, 0.25) is 5.88 Å². The summed E-state index contributed by atoms with van der Waals surface area (Å²) in [6, 6.07) is 10.7. The van der Waals surface area contributed by atoms with E-state index in [0.717, 1.165) is 5.56 Å². The quantitative estimate of drug-likeness (QED) is 0.708. The van der Waals surface area contributed by atoms with Crippen molar-refractivity contribution in [2.75, 3.05) is 5.32 Å². The molecule has 0 bridgehead atoms. The number of carbonyl (C=O) groups excluding carboxylic acids is 1. The normalized spacial score (nSPS) is 10.4. The molecule has 0 radical (unpaired) electrons. The van der Waals surface area contributed by atoms with E-state index >= 15 is 0 Å². The summed E-state index contributed by atoms with van der Waals surface area (Å²) in [5.41, 5.74) is 6.22. The third kappa shape index (κ3) is 4.07. The minimum atomic E-state index is -0.862. The molecule has 0 atom stereocenters. The summed E-state index contributed by atoms with van der Waals surface area (Å²) in [5, 5.41) is 2.85. The number of aromatic nitrogens is 2. The van der Waals surface area contributed by atoms with Crippen LogP contribution in [0.5, 0.6) is 5.88 Å². The zero-order valence-electron chi connectivity index (χ0n) is 13.4. The molecule has 2 amide bonds. The molecule has 0 saturated carbocycles.